The van der Waals surface area contributed by atoms with Crippen molar-refractivity contribution in [1.29, 1.82) is 0 Å². The minimum atomic E-state index is 0.306. The van der Waals surface area contributed by atoms with Crippen LogP contribution in [0.15, 0.2) is 54.6 Å². The molecule has 2 aromatic carbocycles. The van der Waals surface area contributed by atoms with Crippen LogP contribution in [0.3, 0.4) is 0 Å². The van der Waals surface area contributed by atoms with Gasteiger partial charge >= 0.3 is 0 Å². The highest BCUT2D eigenvalue weighted by Gasteiger charge is 2.16. The van der Waals surface area contributed by atoms with E-state index in [9.17, 15) is 0 Å². The Morgan fingerprint density at radius 3 is 2.21 bits per heavy atom. The van der Waals surface area contributed by atoms with Crippen molar-refractivity contribution in [3.05, 3.63) is 77.1 Å². The van der Waals surface area contributed by atoms with E-state index in [0.29, 0.717) is 6.04 Å². The molecule has 1 unspecified atom stereocenters. The van der Waals surface area contributed by atoms with E-state index in [1.807, 2.05) is 54.2 Å². The maximum atomic E-state index is 5.91. The minimum Gasteiger partial charge on any atom is -0.457 e. The van der Waals surface area contributed by atoms with E-state index in [1.165, 1.54) is 22.5 Å². The minimum absolute atomic E-state index is 0.306. The van der Waals surface area contributed by atoms with Crippen LogP contribution in [-0.2, 0) is 26.4 Å². The van der Waals surface area contributed by atoms with E-state index >= 15 is 0 Å². The molecule has 1 N–H and O–H groups in total. The molecule has 0 radical (unpaired) electrons. The number of rotatable bonds is 9. The van der Waals surface area contributed by atoms with Crippen molar-refractivity contribution in [3.63, 3.8) is 0 Å². The molecule has 0 aliphatic heterocycles. The lowest BCUT2D eigenvalue weighted by Gasteiger charge is -2.18. The summed E-state index contributed by atoms with van der Waals surface area (Å²) in [6.07, 6.45) is 3.00. The number of ether oxygens (including phenoxy) is 1. The third kappa shape index (κ3) is 4.63. The molecule has 3 rings (SSSR count). The van der Waals surface area contributed by atoms with Crippen LogP contribution in [0.5, 0.6) is 11.5 Å². The van der Waals surface area contributed by atoms with Crippen molar-refractivity contribution in [3.8, 4) is 11.5 Å². The molecule has 4 heteroatoms. The zero-order chi connectivity index (χ0) is 19.9. The van der Waals surface area contributed by atoms with Crippen molar-refractivity contribution in [2.24, 2.45) is 7.05 Å². The van der Waals surface area contributed by atoms with Gasteiger partial charge in [0.15, 0.2) is 0 Å². The summed E-state index contributed by atoms with van der Waals surface area (Å²) < 4.78 is 7.94. The SMILES string of the molecule is CCc1nn(C)c(CC)c1CNC(CC)c1ccc(Oc2ccccc2)cc1. The first-order valence-corrected chi connectivity index (χ1v) is 10.3. The Labute approximate surface area is 168 Å². The topological polar surface area (TPSA) is 39.1 Å². The molecule has 0 bridgehead atoms. The summed E-state index contributed by atoms with van der Waals surface area (Å²) in [4.78, 5) is 0. The van der Waals surface area contributed by atoms with Gasteiger partial charge in [-0.2, -0.15) is 5.10 Å². The molecule has 0 saturated heterocycles. The van der Waals surface area contributed by atoms with Gasteiger partial charge in [0.2, 0.25) is 0 Å². The van der Waals surface area contributed by atoms with Gasteiger partial charge < -0.3 is 10.1 Å². The maximum Gasteiger partial charge on any atom is 0.127 e. The highest BCUT2D eigenvalue weighted by molar-refractivity contribution is 5.34. The normalized spacial score (nSPS) is 12.1. The predicted molar refractivity (Wildman–Crippen MR) is 115 cm³/mol. The van der Waals surface area contributed by atoms with Crippen molar-refractivity contribution in [1.82, 2.24) is 15.1 Å². The number of nitrogens with one attached hydrogen (secondary N) is 1. The van der Waals surface area contributed by atoms with Crippen LogP contribution in [0.1, 0.15) is 55.7 Å². The smallest absolute Gasteiger partial charge is 0.127 e. The third-order valence-electron chi connectivity index (χ3n) is 5.22. The molecule has 4 nitrogen and oxygen atoms in total. The van der Waals surface area contributed by atoms with Gasteiger partial charge in [-0.1, -0.05) is 51.1 Å². The molecule has 0 aliphatic rings. The first kappa shape index (κ1) is 20.2. The van der Waals surface area contributed by atoms with Gasteiger partial charge in [-0.3, -0.25) is 4.68 Å². The molecule has 28 heavy (non-hydrogen) atoms. The van der Waals surface area contributed by atoms with Crippen molar-refractivity contribution in [2.45, 2.75) is 52.6 Å². The van der Waals surface area contributed by atoms with Gasteiger partial charge in [-0.25, -0.2) is 0 Å². The van der Waals surface area contributed by atoms with Crippen molar-refractivity contribution >= 4 is 0 Å². The Morgan fingerprint density at radius 1 is 0.929 bits per heavy atom. The van der Waals surface area contributed by atoms with Gasteiger partial charge in [-0.05, 0) is 49.1 Å². The molecule has 0 saturated carbocycles. The van der Waals surface area contributed by atoms with Crippen LogP contribution < -0.4 is 10.1 Å². The van der Waals surface area contributed by atoms with E-state index in [-0.39, 0.29) is 0 Å². The number of hydrogen-bond donors (Lipinski definition) is 1. The van der Waals surface area contributed by atoms with Crippen LogP contribution in [-0.4, -0.2) is 9.78 Å². The van der Waals surface area contributed by atoms with E-state index < -0.39 is 0 Å². The maximum absolute atomic E-state index is 5.91. The zero-order valence-corrected chi connectivity index (χ0v) is 17.4. The summed E-state index contributed by atoms with van der Waals surface area (Å²) >= 11 is 0. The number of benzene rings is 2. The average Bonchev–Trinajstić information content (AvgIpc) is 3.05. The lowest BCUT2D eigenvalue weighted by molar-refractivity contribution is 0.480. The fourth-order valence-corrected chi connectivity index (χ4v) is 3.71. The quantitative estimate of drug-likeness (QED) is 0.529. The monoisotopic (exact) mass is 377 g/mol. The highest BCUT2D eigenvalue weighted by Crippen LogP contribution is 2.25. The predicted octanol–water partition coefficient (Wildman–Crippen LogP) is 5.58. The molecule has 0 amide bonds. The van der Waals surface area contributed by atoms with Crippen molar-refractivity contribution < 1.29 is 4.74 Å². The molecular weight excluding hydrogens is 346 g/mol. The van der Waals surface area contributed by atoms with E-state index in [4.69, 9.17) is 4.74 Å². The van der Waals surface area contributed by atoms with E-state index in [0.717, 1.165) is 37.3 Å². The second-order valence-electron chi connectivity index (χ2n) is 7.03. The number of nitrogens with zero attached hydrogens (tertiary/aromatic N) is 2. The van der Waals surface area contributed by atoms with E-state index in [1.54, 1.807) is 0 Å². The first-order valence-electron chi connectivity index (χ1n) is 10.3. The lowest BCUT2D eigenvalue weighted by atomic mass is 10.0. The Hall–Kier alpha value is -2.59. The Balaban J connectivity index is 1.69. The standard InChI is InChI=1S/C24H31N3O/c1-5-22(25-17-21-23(6-2)26-27(4)24(21)7-3)18-13-15-20(16-14-18)28-19-11-9-8-10-12-19/h8-16,22,25H,5-7,17H2,1-4H3. The van der Waals surface area contributed by atoms with Crippen LogP contribution in [0.2, 0.25) is 0 Å². The molecule has 0 aliphatic carbocycles. The molecular formula is C24H31N3O. The van der Waals surface area contributed by atoms with Gasteiger partial charge in [0.25, 0.3) is 0 Å². The second kappa shape index (κ2) is 9.56. The summed E-state index contributed by atoms with van der Waals surface area (Å²) in [7, 11) is 2.05. The highest BCUT2D eigenvalue weighted by atomic mass is 16.5. The fourth-order valence-electron chi connectivity index (χ4n) is 3.71. The Kier molecular flexibility index (Phi) is 6.88. The summed E-state index contributed by atoms with van der Waals surface area (Å²) in [5.41, 5.74) is 5.16. The zero-order valence-electron chi connectivity index (χ0n) is 17.4. The summed E-state index contributed by atoms with van der Waals surface area (Å²) in [5, 5.41) is 8.43. The molecule has 1 heterocycles. The number of hydrogen-bond acceptors (Lipinski definition) is 3. The first-order chi connectivity index (χ1) is 13.7. The average molecular weight is 378 g/mol. The second-order valence-corrected chi connectivity index (χ2v) is 7.03. The Bertz CT molecular complexity index is 869. The summed E-state index contributed by atoms with van der Waals surface area (Å²) in [5.74, 6) is 1.72. The van der Waals surface area contributed by atoms with Crippen molar-refractivity contribution in [2.75, 3.05) is 0 Å². The number of para-hydroxylation sites is 1. The molecule has 148 valence electrons. The van der Waals surface area contributed by atoms with Crippen LogP contribution in [0.25, 0.3) is 0 Å². The fraction of sp³-hybridized carbons (Fsp3) is 0.375. The van der Waals surface area contributed by atoms with Crippen LogP contribution >= 0.6 is 0 Å². The lowest BCUT2D eigenvalue weighted by Crippen LogP contribution is -2.21. The molecule has 0 spiro atoms. The molecule has 1 atom stereocenters. The van der Waals surface area contributed by atoms with Gasteiger partial charge in [0.05, 0.1) is 5.69 Å². The largest absolute Gasteiger partial charge is 0.457 e. The number of aromatic nitrogens is 2. The number of aryl methyl sites for hydroxylation is 2. The molecule has 3 aromatic rings. The van der Waals surface area contributed by atoms with E-state index in [2.05, 4.69) is 43.3 Å². The van der Waals surface area contributed by atoms with Gasteiger partial charge in [-0.15, -0.1) is 0 Å². The Morgan fingerprint density at radius 2 is 1.61 bits per heavy atom. The summed E-state index contributed by atoms with van der Waals surface area (Å²) in [6, 6.07) is 18.6. The van der Waals surface area contributed by atoms with Gasteiger partial charge in [0.1, 0.15) is 11.5 Å². The third-order valence-corrected chi connectivity index (χ3v) is 5.22. The van der Waals surface area contributed by atoms with Crippen LogP contribution in [0, 0.1) is 0 Å². The summed E-state index contributed by atoms with van der Waals surface area (Å²) in [6.45, 7) is 7.44. The van der Waals surface area contributed by atoms with Gasteiger partial charge in [0, 0.05) is 30.9 Å². The molecule has 1 aromatic heterocycles. The van der Waals surface area contributed by atoms with Crippen LogP contribution in [0.4, 0.5) is 0 Å². The molecule has 0 fully saturated rings.